The Balaban J connectivity index is 2.73. The van der Waals surface area contributed by atoms with Gasteiger partial charge in [-0.15, -0.1) is 0 Å². The quantitative estimate of drug-likeness (QED) is 0.808. The molecule has 0 bridgehead atoms. The smallest absolute Gasteiger partial charge is 0.341 e. The van der Waals surface area contributed by atoms with Gasteiger partial charge in [0, 0.05) is 30.8 Å². The number of aromatic carboxylic acids is 1. The Bertz CT molecular complexity index is 588. The van der Waals surface area contributed by atoms with Crippen LogP contribution < -0.4 is 5.43 Å². The summed E-state index contributed by atoms with van der Waals surface area (Å²) in [6.07, 6.45) is 3.06. The van der Waals surface area contributed by atoms with Crippen molar-refractivity contribution in [2.45, 2.75) is 19.9 Å². The highest BCUT2D eigenvalue weighted by Gasteiger charge is 2.09. The zero-order valence-electron chi connectivity index (χ0n) is 10.00. The van der Waals surface area contributed by atoms with E-state index in [0.717, 1.165) is 6.07 Å². The lowest BCUT2D eigenvalue weighted by molar-refractivity contribution is 0.0694. The topological polar surface area (TPSA) is 93.4 Å². The normalized spacial score (nSPS) is 11.4. The third kappa shape index (κ3) is 3.99. The van der Waals surface area contributed by atoms with E-state index in [9.17, 15) is 18.0 Å². The van der Waals surface area contributed by atoms with Crippen LogP contribution in [0.3, 0.4) is 0 Å². The number of carboxylic acid groups (broad SMARTS) is 1. The second-order valence-electron chi connectivity index (χ2n) is 3.86. The molecule has 100 valence electrons. The fraction of sp³-hybridized carbons (Fsp3) is 0.455. The molecular formula is C11H15NO5S. The van der Waals surface area contributed by atoms with Gasteiger partial charge in [-0.1, -0.05) is 6.92 Å². The van der Waals surface area contributed by atoms with Gasteiger partial charge in [-0.05, 0) is 6.42 Å². The van der Waals surface area contributed by atoms with E-state index in [1.165, 1.54) is 17.0 Å². The summed E-state index contributed by atoms with van der Waals surface area (Å²) in [6.45, 7) is 1.94. The van der Waals surface area contributed by atoms with Crippen LogP contribution in [0.25, 0.3) is 0 Å². The lowest BCUT2D eigenvalue weighted by atomic mass is 10.2. The van der Waals surface area contributed by atoms with Crippen LogP contribution in [0.15, 0.2) is 23.3 Å². The summed E-state index contributed by atoms with van der Waals surface area (Å²) >= 11 is 0. The van der Waals surface area contributed by atoms with Crippen LogP contribution in [0.1, 0.15) is 23.7 Å². The Morgan fingerprint density at radius 3 is 2.67 bits per heavy atom. The highest BCUT2D eigenvalue weighted by Crippen LogP contribution is 1.99. The van der Waals surface area contributed by atoms with Crippen molar-refractivity contribution in [3.63, 3.8) is 0 Å². The first-order valence-electron chi connectivity index (χ1n) is 5.49. The van der Waals surface area contributed by atoms with E-state index < -0.39 is 21.2 Å². The Morgan fingerprint density at radius 1 is 1.44 bits per heavy atom. The predicted molar refractivity (Wildman–Crippen MR) is 66.6 cm³/mol. The van der Waals surface area contributed by atoms with E-state index in [1.807, 2.05) is 0 Å². The van der Waals surface area contributed by atoms with Gasteiger partial charge in [0.2, 0.25) is 0 Å². The molecule has 18 heavy (non-hydrogen) atoms. The zero-order chi connectivity index (χ0) is 13.8. The summed E-state index contributed by atoms with van der Waals surface area (Å²) in [7, 11) is -3.02. The molecule has 0 aliphatic carbocycles. The number of pyridine rings is 1. The summed E-state index contributed by atoms with van der Waals surface area (Å²) < 4.78 is 24.0. The van der Waals surface area contributed by atoms with Gasteiger partial charge >= 0.3 is 5.97 Å². The number of hydrogen-bond donors (Lipinski definition) is 1. The molecule has 0 fully saturated rings. The summed E-state index contributed by atoms with van der Waals surface area (Å²) in [4.78, 5) is 21.9. The van der Waals surface area contributed by atoms with Crippen molar-refractivity contribution in [3.05, 3.63) is 34.2 Å². The molecule has 7 heteroatoms. The van der Waals surface area contributed by atoms with Gasteiger partial charge in [0.25, 0.3) is 0 Å². The number of nitrogens with zero attached hydrogens (tertiary/aromatic N) is 1. The Kier molecular flexibility index (Phi) is 4.66. The van der Waals surface area contributed by atoms with Crippen molar-refractivity contribution in [1.82, 2.24) is 4.57 Å². The minimum atomic E-state index is -3.02. The van der Waals surface area contributed by atoms with Gasteiger partial charge in [-0.2, -0.15) is 0 Å². The fourth-order valence-corrected chi connectivity index (χ4v) is 2.29. The number of sulfone groups is 1. The lowest BCUT2D eigenvalue weighted by Gasteiger charge is -2.07. The maximum atomic E-state index is 11.3. The van der Waals surface area contributed by atoms with Crippen molar-refractivity contribution in [3.8, 4) is 0 Å². The Hall–Kier alpha value is -1.63. The second-order valence-corrected chi connectivity index (χ2v) is 6.33. The van der Waals surface area contributed by atoms with Crippen molar-refractivity contribution in [2.24, 2.45) is 0 Å². The van der Waals surface area contributed by atoms with Gasteiger partial charge in [-0.3, -0.25) is 4.79 Å². The summed E-state index contributed by atoms with van der Waals surface area (Å²) in [5.41, 5.74) is -0.865. The Morgan fingerprint density at radius 2 is 2.11 bits per heavy atom. The van der Waals surface area contributed by atoms with Crippen molar-refractivity contribution in [1.29, 1.82) is 0 Å². The molecule has 1 aromatic heterocycles. The van der Waals surface area contributed by atoms with Crippen LogP contribution >= 0.6 is 0 Å². The summed E-state index contributed by atoms with van der Waals surface area (Å²) in [6, 6.07) is 1.16. The molecule has 6 nitrogen and oxygen atoms in total. The van der Waals surface area contributed by atoms with Crippen molar-refractivity contribution >= 4 is 15.8 Å². The van der Waals surface area contributed by atoms with Crippen LogP contribution in [0, 0.1) is 0 Å². The molecule has 0 saturated heterocycles. The molecule has 0 saturated carbocycles. The van der Waals surface area contributed by atoms with E-state index in [4.69, 9.17) is 5.11 Å². The number of hydrogen-bond acceptors (Lipinski definition) is 4. The lowest BCUT2D eigenvalue weighted by Crippen LogP contribution is -2.17. The highest BCUT2D eigenvalue weighted by atomic mass is 32.2. The minimum absolute atomic E-state index is 0.0536. The molecule has 0 aliphatic heterocycles. The van der Waals surface area contributed by atoms with E-state index in [1.54, 1.807) is 6.92 Å². The molecule has 0 unspecified atom stereocenters. The number of rotatable bonds is 6. The van der Waals surface area contributed by atoms with E-state index in [0.29, 0.717) is 13.0 Å². The largest absolute Gasteiger partial charge is 0.477 e. The molecule has 1 N–H and O–H groups in total. The third-order valence-corrected chi connectivity index (χ3v) is 4.31. The van der Waals surface area contributed by atoms with Gasteiger partial charge in [0.1, 0.15) is 15.4 Å². The molecule has 0 amide bonds. The van der Waals surface area contributed by atoms with Crippen LogP contribution in [0.5, 0.6) is 0 Å². The molecule has 0 radical (unpaired) electrons. The van der Waals surface area contributed by atoms with E-state index >= 15 is 0 Å². The number of carboxylic acids is 1. The van der Waals surface area contributed by atoms with Crippen LogP contribution in [-0.2, 0) is 16.4 Å². The van der Waals surface area contributed by atoms with Crippen LogP contribution in [0.4, 0.5) is 0 Å². The molecule has 1 aromatic rings. The first kappa shape index (κ1) is 14.4. The maximum Gasteiger partial charge on any atom is 0.341 e. The van der Waals surface area contributed by atoms with Crippen molar-refractivity contribution in [2.75, 3.05) is 11.5 Å². The number of aryl methyl sites for hydroxylation is 1. The molecule has 1 heterocycles. The summed E-state index contributed by atoms with van der Waals surface area (Å²) in [5, 5.41) is 8.77. The van der Waals surface area contributed by atoms with Gasteiger partial charge < -0.3 is 9.67 Å². The molecule has 0 aromatic carbocycles. The highest BCUT2D eigenvalue weighted by molar-refractivity contribution is 7.91. The monoisotopic (exact) mass is 273 g/mol. The Labute approximate surface area is 105 Å². The van der Waals surface area contributed by atoms with Gasteiger partial charge in [-0.25, -0.2) is 13.2 Å². The van der Waals surface area contributed by atoms with E-state index in [-0.39, 0.29) is 17.1 Å². The fourth-order valence-electron chi connectivity index (χ4n) is 1.44. The molecule has 0 spiro atoms. The van der Waals surface area contributed by atoms with Crippen LogP contribution in [0.2, 0.25) is 0 Å². The van der Waals surface area contributed by atoms with Crippen molar-refractivity contribution < 1.29 is 18.3 Å². The summed E-state index contributed by atoms with van der Waals surface area (Å²) in [5.74, 6) is -1.13. The standard InChI is InChI=1S/C11H15NO5S/c1-2-18(16,17)7-3-5-12-6-4-10(13)9(8-12)11(14)15/h4,6,8H,2-3,5,7H2,1H3,(H,14,15). The first-order chi connectivity index (χ1) is 8.35. The first-order valence-corrected chi connectivity index (χ1v) is 7.31. The maximum absolute atomic E-state index is 11.3. The van der Waals surface area contributed by atoms with E-state index in [2.05, 4.69) is 0 Å². The number of carbonyl (C=O) groups is 1. The minimum Gasteiger partial charge on any atom is -0.477 e. The molecule has 0 aliphatic rings. The molecule has 1 rings (SSSR count). The third-order valence-electron chi connectivity index (χ3n) is 2.52. The average molecular weight is 273 g/mol. The average Bonchev–Trinajstić information content (AvgIpc) is 2.31. The predicted octanol–water partition coefficient (Wildman–Crippen LogP) is 0.371. The zero-order valence-corrected chi connectivity index (χ0v) is 10.8. The van der Waals surface area contributed by atoms with Crippen LogP contribution in [-0.4, -0.2) is 35.6 Å². The molecule has 0 atom stereocenters. The second kappa shape index (κ2) is 5.81. The van der Waals surface area contributed by atoms with Gasteiger partial charge in [0.05, 0.1) is 5.75 Å². The van der Waals surface area contributed by atoms with Gasteiger partial charge in [0.15, 0.2) is 5.43 Å². The SMILES string of the molecule is CCS(=O)(=O)CCCn1ccc(=O)c(C(=O)O)c1. The number of aromatic nitrogens is 1. The molecular weight excluding hydrogens is 258 g/mol.